The maximum Gasteiger partial charge on any atom is 0.192 e. The molecule has 0 bridgehead atoms. The van der Waals surface area contributed by atoms with Crippen molar-refractivity contribution in [2.45, 2.75) is 58.4 Å². The Bertz CT molecular complexity index is 238. The van der Waals surface area contributed by atoms with E-state index in [2.05, 4.69) is 53.9 Å². The van der Waals surface area contributed by atoms with Gasteiger partial charge in [0.05, 0.1) is 0 Å². The second kappa shape index (κ2) is 5.83. The highest BCUT2D eigenvalue weighted by Crippen LogP contribution is 2.38. The molecule has 0 spiro atoms. The summed E-state index contributed by atoms with van der Waals surface area (Å²) in [5.41, 5.74) is 0. The molecule has 2 atom stereocenters. The molecule has 0 radical (unpaired) electrons. The van der Waals surface area contributed by atoms with Gasteiger partial charge in [0.25, 0.3) is 0 Å². The fraction of sp³-hybridized carbons (Fsp3) is 0.714. The highest BCUT2D eigenvalue weighted by Gasteiger charge is 2.39. The van der Waals surface area contributed by atoms with Crippen molar-refractivity contribution in [2.75, 3.05) is 0 Å². The van der Waals surface area contributed by atoms with Crippen LogP contribution in [0.5, 0.6) is 0 Å². The molecule has 0 N–H and O–H groups in total. The molecule has 2 heteroatoms. The Morgan fingerprint density at radius 1 is 1.25 bits per heavy atom. The molecule has 0 saturated carbocycles. The van der Waals surface area contributed by atoms with Crippen molar-refractivity contribution in [1.29, 1.82) is 0 Å². The van der Waals surface area contributed by atoms with E-state index in [9.17, 15) is 0 Å². The topological polar surface area (TPSA) is 9.23 Å². The molecule has 0 aromatic carbocycles. The molecule has 0 heterocycles. The summed E-state index contributed by atoms with van der Waals surface area (Å²) in [7, 11) is -1.66. The van der Waals surface area contributed by atoms with E-state index in [0.717, 1.165) is 6.42 Å². The minimum atomic E-state index is -1.66. The minimum Gasteiger partial charge on any atom is -0.414 e. The van der Waals surface area contributed by atoms with Crippen LogP contribution >= 0.6 is 0 Å². The van der Waals surface area contributed by atoms with Crippen molar-refractivity contribution < 1.29 is 4.43 Å². The molecule has 16 heavy (non-hydrogen) atoms. The Morgan fingerprint density at radius 2 is 1.75 bits per heavy atom. The summed E-state index contributed by atoms with van der Waals surface area (Å²) >= 11 is 0. The van der Waals surface area contributed by atoms with Crippen molar-refractivity contribution in [3.63, 3.8) is 0 Å². The van der Waals surface area contributed by atoms with E-state index in [1.165, 1.54) is 0 Å². The van der Waals surface area contributed by atoms with E-state index in [-0.39, 0.29) is 11.1 Å². The summed E-state index contributed by atoms with van der Waals surface area (Å²) in [6.07, 6.45) is 5.10. The molecule has 0 saturated heterocycles. The summed E-state index contributed by atoms with van der Waals surface area (Å²) in [5, 5.41) is 0.265. The van der Waals surface area contributed by atoms with Gasteiger partial charge in [-0.1, -0.05) is 32.9 Å². The van der Waals surface area contributed by atoms with Crippen LogP contribution in [0.3, 0.4) is 0 Å². The van der Waals surface area contributed by atoms with E-state index < -0.39 is 8.32 Å². The van der Waals surface area contributed by atoms with Gasteiger partial charge in [-0.2, -0.15) is 0 Å². The Morgan fingerprint density at radius 3 is 2.06 bits per heavy atom. The summed E-state index contributed by atoms with van der Waals surface area (Å²) in [6.45, 7) is 21.2. The Hall–Kier alpha value is -0.343. The Labute approximate surface area is 103 Å². The molecule has 0 aliphatic rings. The maximum atomic E-state index is 6.33. The molecule has 0 aliphatic heterocycles. The molecule has 0 aromatic heterocycles. The van der Waals surface area contributed by atoms with Gasteiger partial charge in [-0.25, -0.2) is 0 Å². The van der Waals surface area contributed by atoms with Crippen LogP contribution in [0.1, 0.15) is 34.1 Å². The van der Waals surface area contributed by atoms with Crippen molar-refractivity contribution in [2.24, 2.45) is 5.92 Å². The normalized spacial score (nSPS) is 16.6. The first-order chi connectivity index (χ1) is 7.15. The van der Waals surface area contributed by atoms with Gasteiger partial charge in [0, 0.05) is 12.0 Å². The number of hydrogen-bond donors (Lipinski definition) is 0. The SMILES string of the molecule is C=CC[C@@H](C=C)[C@H](C)O[Si](C)(C)C(C)(C)C. The maximum absolute atomic E-state index is 6.33. The largest absolute Gasteiger partial charge is 0.414 e. The third-order valence-electron chi connectivity index (χ3n) is 3.63. The van der Waals surface area contributed by atoms with Crippen LogP contribution in [0.25, 0.3) is 0 Å². The molecule has 0 amide bonds. The van der Waals surface area contributed by atoms with Gasteiger partial charge in [0.15, 0.2) is 8.32 Å². The quantitative estimate of drug-likeness (QED) is 0.480. The van der Waals surface area contributed by atoms with Gasteiger partial charge in [0.2, 0.25) is 0 Å². The average Bonchev–Trinajstić information content (AvgIpc) is 2.11. The second-order valence-corrected chi connectivity index (χ2v) is 10.8. The smallest absolute Gasteiger partial charge is 0.192 e. The van der Waals surface area contributed by atoms with Gasteiger partial charge in [-0.3, -0.25) is 0 Å². The van der Waals surface area contributed by atoms with Crippen LogP contribution in [-0.2, 0) is 4.43 Å². The lowest BCUT2D eigenvalue weighted by molar-refractivity contribution is 0.157. The van der Waals surface area contributed by atoms with Crippen LogP contribution in [0.4, 0.5) is 0 Å². The van der Waals surface area contributed by atoms with Gasteiger partial charge in [-0.05, 0) is 31.5 Å². The van der Waals surface area contributed by atoms with Crippen LogP contribution < -0.4 is 0 Å². The summed E-state index contributed by atoms with van der Waals surface area (Å²) < 4.78 is 6.33. The van der Waals surface area contributed by atoms with E-state index >= 15 is 0 Å². The van der Waals surface area contributed by atoms with E-state index in [1.807, 2.05) is 12.2 Å². The average molecular weight is 240 g/mol. The highest BCUT2D eigenvalue weighted by atomic mass is 28.4. The zero-order chi connectivity index (χ0) is 13.0. The molecule has 94 valence electrons. The predicted molar refractivity (Wildman–Crippen MR) is 76.2 cm³/mol. The van der Waals surface area contributed by atoms with Gasteiger partial charge >= 0.3 is 0 Å². The van der Waals surface area contributed by atoms with Crippen molar-refractivity contribution in [3.05, 3.63) is 25.3 Å². The second-order valence-electron chi connectivity index (χ2n) is 6.01. The summed E-state index contributed by atoms with van der Waals surface area (Å²) in [6, 6.07) is 0. The first-order valence-corrected chi connectivity index (χ1v) is 8.98. The minimum absolute atomic E-state index is 0.233. The predicted octanol–water partition coefficient (Wildman–Crippen LogP) is 4.78. The fourth-order valence-electron chi connectivity index (χ4n) is 1.40. The van der Waals surface area contributed by atoms with E-state index in [4.69, 9.17) is 4.43 Å². The Balaban J connectivity index is 4.59. The van der Waals surface area contributed by atoms with Crippen molar-refractivity contribution in [3.8, 4) is 0 Å². The number of hydrogen-bond acceptors (Lipinski definition) is 1. The highest BCUT2D eigenvalue weighted by molar-refractivity contribution is 6.74. The third kappa shape index (κ3) is 4.26. The molecule has 1 nitrogen and oxygen atoms in total. The lowest BCUT2D eigenvalue weighted by Crippen LogP contribution is -2.44. The first-order valence-electron chi connectivity index (χ1n) is 6.07. The third-order valence-corrected chi connectivity index (χ3v) is 8.20. The van der Waals surface area contributed by atoms with Crippen LogP contribution in [0, 0.1) is 5.92 Å². The number of rotatable bonds is 6. The molecule has 0 aromatic rings. The molecular formula is C14H28OSi. The van der Waals surface area contributed by atoms with Crippen LogP contribution in [-0.4, -0.2) is 14.4 Å². The van der Waals surface area contributed by atoms with Gasteiger partial charge in [0.1, 0.15) is 0 Å². The van der Waals surface area contributed by atoms with Crippen LogP contribution in [0.2, 0.25) is 18.1 Å². The van der Waals surface area contributed by atoms with Gasteiger partial charge < -0.3 is 4.43 Å². The summed E-state index contributed by atoms with van der Waals surface area (Å²) in [5.74, 6) is 0.381. The summed E-state index contributed by atoms with van der Waals surface area (Å²) in [4.78, 5) is 0. The van der Waals surface area contributed by atoms with Crippen molar-refractivity contribution in [1.82, 2.24) is 0 Å². The molecular weight excluding hydrogens is 212 g/mol. The molecule has 0 rings (SSSR count). The molecule has 0 aliphatic carbocycles. The first kappa shape index (κ1) is 15.7. The van der Waals surface area contributed by atoms with Crippen molar-refractivity contribution >= 4 is 8.32 Å². The monoisotopic (exact) mass is 240 g/mol. The lowest BCUT2D eigenvalue weighted by atomic mass is 10.0. The van der Waals surface area contributed by atoms with Crippen LogP contribution in [0.15, 0.2) is 25.3 Å². The fourth-order valence-corrected chi connectivity index (χ4v) is 2.86. The number of allylic oxidation sites excluding steroid dienone is 1. The molecule has 0 fully saturated rings. The zero-order valence-corrected chi connectivity index (χ0v) is 12.8. The Kier molecular flexibility index (Phi) is 5.70. The zero-order valence-electron chi connectivity index (χ0n) is 11.8. The standard InChI is InChI=1S/C14H28OSi/c1-9-11-13(10-2)12(3)15-16(7,8)14(4,5)6/h9-10,12-13H,1-2,11H2,3-8H3/t12-,13+/m0/s1. The lowest BCUT2D eigenvalue weighted by Gasteiger charge is -2.40. The molecule has 0 unspecified atom stereocenters. The van der Waals surface area contributed by atoms with E-state index in [0.29, 0.717) is 5.92 Å². The van der Waals surface area contributed by atoms with Gasteiger partial charge in [-0.15, -0.1) is 13.2 Å². The van der Waals surface area contributed by atoms with E-state index in [1.54, 1.807) is 0 Å².